The van der Waals surface area contributed by atoms with Gasteiger partial charge >= 0.3 is 0 Å². The van der Waals surface area contributed by atoms with Gasteiger partial charge in [0.1, 0.15) is 6.07 Å². The van der Waals surface area contributed by atoms with Crippen LogP contribution in [0.2, 0.25) is 5.02 Å². The number of hydrogen-bond donors (Lipinski definition) is 1. The third-order valence-corrected chi connectivity index (χ3v) is 3.78. The SMILES string of the molecule is N#C/C(=C(/N)c1ccc(Cl)c(Br)c1)c1cccnc1. The Hall–Kier alpha value is -1.83. The third kappa shape index (κ3) is 2.95. The highest BCUT2D eigenvalue weighted by atomic mass is 79.9. The van der Waals surface area contributed by atoms with E-state index in [2.05, 4.69) is 27.0 Å². The maximum Gasteiger partial charge on any atom is 0.102 e. The summed E-state index contributed by atoms with van der Waals surface area (Å²) in [5, 5.41) is 9.88. The number of hydrogen-bond acceptors (Lipinski definition) is 3. The molecule has 3 nitrogen and oxygen atoms in total. The van der Waals surface area contributed by atoms with Crippen LogP contribution in [-0.4, -0.2) is 4.98 Å². The number of rotatable bonds is 2. The smallest absolute Gasteiger partial charge is 0.102 e. The standard InChI is InChI=1S/C14H9BrClN3/c15-12-6-9(3-4-13(12)16)14(18)11(7-17)10-2-1-5-19-8-10/h1-6,8H,18H2/b14-11-. The van der Waals surface area contributed by atoms with Gasteiger partial charge in [0.2, 0.25) is 0 Å². The Bertz CT molecular complexity index is 675. The number of nitriles is 1. The summed E-state index contributed by atoms with van der Waals surface area (Å²) in [4.78, 5) is 3.99. The normalized spacial score (nSPS) is 11.6. The van der Waals surface area contributed by atoms with Crippen LogP contribution in [0.25, 0.3) is 11.3 Å². The maximum absolute atomic E-state index is 9.28. The van der Waals surface area contributed by atoms with Crippen LogP contribution in [0.3, 0.4) is 0 Å². The summed E-state index contributed by atoms with van der Waals surface area (Å²) in [5.41, 5.74) is 8.27. The van der Waals surface area contributed by atoms with E-state index < -0.39 is 0 Å². The summed E-state index contributed by atoms with van der Waals surface area (Å²) in [6.07, 6.45) is 3.25. The first-order valence-electron chi connectivity index (χ1n) is 5.39. The van der Waals surface area contributed by atoms with Crippen molar-refractivity contribution in [2.45, 2.75) is 0 Å². The molecule has 0 amide bonds. The van der Waals surface area contributed by atoms with Gasteiger partial charge in [0.25, 0.3) is 0 Å². The number of halogens is 2. The fourth-order valence-corrected chi connectivity index (χ4v) is 2.10. The third-order valence-electron chi connectivity index (χ3n) is 2.56. The van der Waals surface area contributed by atoms with Crippen LogP contribution >= 0.6 is 27.5 Å². The molecule has 0 aliphatic heterocycles. The Morgan fingerprint density at radius 2 is 2.11 bits per heavy atom. The molecule has 0 aliphatic carbocycles. The molecule has 94 valence electrons. The zero-order valence-electron chi connectivity index (χ0n) is 9.77. The van der Waals surface area contributed by atoms with Crippen molar-refractivity contribution in [3.8, 4) is 6.07 Å². The molecule has 0 fully saturated rings. The second-order valence-corrected chi connectivity index (χ2v) is 5.03. The Labute approximate surface area is 124 Å². The molecule has 0 bridgehead atoms. The summed E-state index contributed by atoms with van der Waals surface area (Å²) in [6.45, 7) is 0. The molecular weight excluding hydrogens is 326 g/mol. The molecule has 0 spiro atoms. The fraction of sp³-hybridized carbons (Fsp3) is 0. The lowest BCUT2D eigenvalue weighted by Gasteiger charge is -2.07. The largest absolute Gasteiger partial charge is 0.397 e. The Morgan fingerprint density at radius 1 is 1.32 bits per heavy atom. The monoisotopic (exact) mass is 333 g/mol. The van der Waals surface area contributed by atoms with Crippen LogP contribution in [0, 0.1) is 11.3 Å². The summed E-state index contributed by atoms with van der Waals surface area (Å²) >= 11 is 9.27. The summed E-state index contributed by atoms with van der Waals surface area (Å²) in [6, 6.07) is 11.0. The lowest BCUT2D eigenvalue weighted by molar-refractivity contribution is 1.31. The maximum atomic E-state index is 9.28. The predicted molar refractivity (Wildman–Crippen MR) is 80.0 cm³/mol. The van der Waals surface area contributed by atoms with E-state index in [9.17, 15) is 5.26 Å². The predicted octanol–water partition coefficient (Wildman–Crippen LogP) is 3.85. The van der Waals surface area contributed by atoms with Gasteiger partial charge in [-0.1, -0.05) is 23.7 Å². The lowest BCUT2D eigenvalue weighted by Crippen LogP contribution is -2.01. The Morgan fingerprint density at radius 3 is 2.68 bits per heavy atom. The summed E-state index contributed by atoms with van der Waals surface area (Å²) in [5.74, 6) is 0. The van der Waals surface area contributed by atoms with E-state index in [1.54, 1.807) is 42.7 Å². The minimum atomic E-state index is 0.391. The quantitative estimate of drug-likeness (QED) is 0.849. The van der Waals surface area contributed by atoms with Gasteiger partial charge < -0.3 is 5.73 Å². The molecule has 2 aromatic rings. The molecule has 0 atom stereocenters. The fourth-order valence-electron chi connectivity index (χ4n) is 1.60. The van der Waals surface area contributed by atoms with Gasteiger partial charge in [-0.3, -0.25) is 4.98 Å². The van der Waals surface area contributed by atoms with E-state index in [0.29, 0.717) is 21.9 Å². The number of nitrogens with two attached hydrogens (primary N) is 1. The van der Waals surface area contributed by atoms with Crippen LogP contribution < -0.4 is 5.73 Å². The average molecular weight is 335 g/mol. The Balaban J connectivity index is 2.56. The molecule has 0 radical (unpaired) electrons. The zero-order valence-corrected chi connectivity index (χ0v) is 12.1. The van der Waals surface area contributed by atoms with Gasteiger partial charge in [0, 0.05) is 22.4 Å². The molecule has 1 heterocycles. The highest BCUT2D eigenvalue weighted by molar-refractivity contribution is 9.10. The van der Waals surface area contributed by atoms with Crippen LogP contribution in [0.15, 0.2) is 47.2 Å². The van der Waals surface area contributed by atoms with Crippen molar-refractivity contribution in [2.24, 2.45) is 5.73 Å². The van der Waals surface area contributed by atoms with Crippen molar-refractivity contribution in [1.29, 1.82) is 5.26 Å². The van der Waals surface area contributed by atoms with Crippen molar-refractivity contribution < 1.29 is 0 Å². The van der Waals surface area contributed by atoms with Crippen LogP contribution in [-0.2, 0) is 0 Å². The molecule has 1 aromatic heterocycles. The highest BCUT2D eigenvalue weighted by Crippen LogP contribution is 2.28. The number of pyridine rings is 1. The minimum absolute atomic E-state index is 0.391. The molecule has 2 rings (SSSR count). The molecule has 0 saturated carbocycles. The molecule has 0 saturated heterocycles. The van der Waals surface area contributed by atoms with E-state index in [-0.39, 0.29) is 0 Å². The van der Waals surface area contributed by atoms with Crippen LogP contribution in [0.5, 0.6) is 0 Å². The van der Waals surface area contributed by atoms with Gasteiger partial charge in [-0.2, -0.15) is 5.26 Å². The van der Waals surface area contributed by atoms with E-state index >= 15 is 0 Å². The van der Waals surface area contributed by atoms with E-state index in [1.165, 1.54) is 0 Å². The van der Waals surface area contributed by atoms with E-state index in [0.717, 1.165) is 10.0 Å². The second kappa shape index (κ2) is 5.87. The van der Waals surface area contributed by atoms with Crippen molar-refractivity contribution in [2.75, 3.05) is 0 Å². The first-order valence-corrected chi connectivity index (χ1v) is 6.56. The molecule has 5 heteroatoms. The lowest BCUT2D eigenvalue weighted by atomic mass is 10.0. The van der Waals surface area contributed by atoms with Crippen molar-refractivity contribution in [3.63, 3.8) is 0 Å². The molecule has 0 aliphatic rings. The van der Waals surface area contributed by atoms with Crippen LogP contribution in [0.1, 0.15) is 11.1 Å². The summed E-state index contributed by atoms with van der Waals surface area (Å²) in [7, 11) is 0. The van der Waals surface area contributed by atoms with Crippen molar-refractivity contribution >= 4 is 38.8 Å². The van der Waals surface area contributed by atoms with Gasteiger partial charge in [0.05, 0.1) is 16.3 Å². The van der Waals surface area contributed by atoms with E-state index in [1.807, 2.05) is 0 Å². The number of benzene rings is 1. The average Bonchev–Trinajstić information content (AvgIpc) is 2.44. The molecule has 2 N–H and O–H groups in total. The van der Waals surface area contributed by atoms with Crippen molar-refractivity contribution in [1.82, 2.24) is 4.98 Å². The molecular formula is C14H9BrClN3. The van der Waals surface area contributed by atoms with Gasteiger partial charge in [-0.25, -0.2) is 0 Å². The van der Waals surface area contributed by atoms with Gasteiger partial charge in [-0.05, 0) is 39.7 Å². The molecule has 0 unspecified atom stereocenters. The first-order chi connectivity index (χ1) is 9.13. The van der Waals surface area contributed by atoms with Crippen LogP contribution in [0.4, 0.5) is 0 Å². The number of nitrogens with zero attached hydrogens (tertiary/aromatic N) is 2. The first kappa shape index (κ1) is 13.6. The highest BCUT2D eigenvalue weighted by Gasteiger charge is 2.09. The summed E-state index contributed by atoms with van der Waals surface area (Å²) < 4.78 is 0.734. The minimum Gasteiger partial charge on any atom is -0.397 e. The van der Waals surface area contributed by atoms with E-state index in [4.69, 9.17) is 17.3 Å². The van der Waals surface area contributed by atoms with Crippen molar-refractivity contribution in [3.05, 3.63) is 63.3 Å². The number of allylic oxidation sites excluding steroid dienone is 1. The molecule has 19 heavy (non-hydrogen) atoms. The zero-order chi connectivity index (χ0) is 13.8. The molecule has 1 aromatic carbocycles. The van der Waals surface area contributed by atoms with Gasteiger partial charge in [0.15, 0.2) is 0 Å². The topological polar surface area (TPSA) is 62.7 Å². The number of aromatic nitrogens is 1. The van der Waals surface area contributed by atoms with Gasteiger partial charge in [-0.15, -0.1) is 0 Å². The Kier molecular flexibility index (Phi) is 4.20. The second-order valence-electron chi connectivity index (χ2n) is 3.77.